The van der Waals surface area contributed by atoms with E-state index >= 15 is 0 Å². The average molecular weight is 322 g/mol. The highest BCUT2D eigenvalue weighted by Crippen LogP contribution is 2.33. The van der Waals surface area contributed by atoms with Gasteiger partial charge in [-0.1, -0.05) is 12.1 Å². The summed E-state index contributed by atoms with van der Waals surface area (Å²) in [4.78, 5) is 8.29. The molecule has 6 heteroatoms. The summed E-state index contributed by atoms with van der Waals surface area (Å²) < 4.78 is 10.7. The number of aliphatic imine (C=N–C) groups is 1. The van der Waals surface area contributed by atoms with Crippen LogP contribution in [0.15, 0.2) is 64.5 Å². The van der Waals surface area contributed by atoms with E-state index < -0.39 is 0 Å². The van der Waals surface area contributed by atoms with Gasteiger partial charge in [-0.3, -0.25) is 0 Å². The Morgan fingerprint density at radius 2 is 2.12 bits per heavy atom. The molecule has 0 unspecified atom stereocenters. The second kappa shape index (κ2) is 6.87. The van der Waals surface area contributed by atoms with Crippen LogP contribution in [0.4, 0.5) is 11.4 Å². The first-order valence-corrected chi connectivity index (χ1v) is 7.40. The molecular formula is C18H18N4O2. The van der Waals surface area contributed by atoms with Crippen LogP contribution in [0.2, 0.25) is 0 Å². The van der Waals surface area contributed by atoms with Gasteiger partial charge in [0.05, 0.1) is 24.6 Å². The van der Waals surface area contributed by atoms with E-state index in [0.29, 0.717) is 23.2 Å². The van der Waals surface area contributed by atoms with Crippen molar-refractivity contribution < 1.29 is 9.15 Å². The molecule has 3 N–H and O–H groups in total. The molecule has 0 aliphatic heterocycles. The fraction of sp³-hybridized carbons (Fsp3) is 0.111. The Balaban J connectivity index is 1.84. The molecule has 0 bridgehead atoms. The highest BCUT2D eigenvalue weighted by Gasteiger charge is 2.10. The lowest BCUT2D eigenvalue weighted by atomic mass is 10.1. The second-order valence-corrected chi connectivity index (χ2v) is 5.24. The molecule has 0 radical (unpaired) electrons. The van der Waals surface area contributed by atoms with Crippen molar-refractivity contribution in [2.75, 3.05) is 12.4 Å². The van der Waals surface area contributed by atoms with Crippen molar-refractivity contribution in [3.05, 3.63) is 60.6 Å². The van der Waals surface area contributed by atoms with Gasteiger partial charge in [0, 0.05) is 11.8 Å². The molecule has 0 spiro atoms. The van der Waals surface area contributed by atoms with E-state index in [0.717, 1.165) is 16.8 Å². The maximum Gasteiger partial charge on any atom is 0.198 e. The number of hydrogen-bond acceptors (Lipinski definition) is 4. The van der Waals surface area contributed by atoms with Gasteiger partial charge in [0.2, 0.25) is 0 Å². The number of aromatic nitrogens is 1. The number of aryl methyl sites for hydroxylation is 1. The first-order chi connectivity index (χ1) is 11.7. The molecule has 3 rings (SSSR count). The van der Waals surface area contributed by atoms with Crippen LogP contribution >= 0.6 is 0 Å². The van der Waals surface area contributed by atoms with Crippen molar-refractivity contribution in [3.8, 4) is 17.1 Å². The largest absolute Gasteiger partial charge is 0.496 e. The minimum atomic E-state index is 0.301. The van der Waals surface area contributed by atoms with E-state index in [4.69, 9.17) is 14.9 Å². The number of ether oxygens (including phenoxy) is 1. The Morgan fingerprint density at radius 1 is 1.25 bits per heavy atom. The quantitative estimate of drug-likeness (QED) is 0.565. The summed E-state index contributed by atoms with van der Waals surface area (Å²) >= 11 is 0. The molecule has 6 nitrogen and oxygen atoms in total. The predicted molar refractivity (Wildman–Crippen MR) is 94.6 cm³/mol. The van der Waals surface area contributed by atoms with E-state index in [2.05, 4.69) is 15.3 Å². The van der Waals surface area contributed by atoms with Gasteiger partial charge in [-0.05, 0) is 36.8 Å². The number of anilines is 1. The highest BCUT2D eigenvalue weighted by atomic mass is 16.5. The molecule has 122 valence electrons. The van der Waals surface area contributed by atoms with E-state index in [-0.39, 0.29) is 0 Å². The van der Waals surface area contributed by atoms with Gasteiger partial charge in [0.25, 0.3) is 0 Å². The third-order valence-electron chi connectivity index (χ3n) is 3.42. The van der Waals surface area contributed by atoms with Gasteiger partial charge >= 0.3 is 0 Å². The molecule has 24 heavy (non-hydrogen) atoms. The molecule has 0 aliphatic rings. The number of rotatable bonds is 4. The Kier molecular flexibility index (Phi) is 4.47. The molecule has 0 aliphatic carbocycles. The summed E-state index contributed by atoms with van der Waals surface area (Å²) in [6.45, 7) is 2.02. The molecule has 0 saturated carbocycles. The molecule has 0 fully saturated rings. The lowest BCUT2D eigenvalue weighted by Gasteiger charge is -2.09. The van der Waals surface area contributed by atoms with Crippen LogP contribution in [-0.4, -0.2) is 18.1 Å². The van der Waals surface area contributed by atoms with Gasteiger partial charge in [-0.2, -0.15) is 0 Å². The van der Waals surface area contributed by atoms with Gasteiger partial charge in [0.1, 0.15) is 5.75 Å². The Morgan fingerprint density at radius 3 is 2.83 bits per heavy atom. The smallest absolute Gasteiger partial charge is 0.198 e. The van der Waals surface area contributed by atoms with Crippen LogP contribution in [-0.2, 0) is 0 Å². The average Bonchev–Trinajstić information content (AvgIpc) is 3.09. The molecule has 0 saturated heterocycles. The molecule has 1 heterocycles. The third kappa shape index (κ3) is 3.55. The summed E-state index contributed by atoms with van der Waals surface area (Å²) in [6, 6.07) is 13.4. The summed E-state index contributed by atoms with van der Waals surface area (Å²) in [5.41, 5.74) is 9.49. The topological polar surface area (TPSA) is 85.7 Å². The van der Waals surface area contributed by atoms with Crippen molar-refractivity contribution in [3.63, 3.8) is 0 Å². The van der Waals surface area contributed by atoms with Gasteiger partial charge < -0.3 is 20.2 Å². The number of nitrogens with one attached hydrogen (secondary N) is 1. The van der Waals surface area contributed by atoms with Crippen molar-refractivity contribution in [2.24, 2.45) is 10.7 Å². The fourth-order valence-electron chi connectivity index (χ4n) is 2.34. The van der Waals surface area contributed by atoms with Gasteiger partial charge in [-0.25, -0.2) is 9.98 Å². The van der Waals surface area contributed by atoms with Crippen molar-refractivity contribution in [2.45, 2.75) is 6.92 Å². The van der Waals surface area contributed by atoms with Gasteiger partial charge in [-0.15, -0.1) is 0 Å². The number of guanidine groups is 1. The number of methoxy groups -OCH3 is 1. The zero-order valence-corrected chi connectivity index (χ0v) is 13.5. The van der Waals surface area contributed by atoms with E-state index in [1.165, 1.54) is 6.39 Å². The Bertz CT molecular complexity index is 857. The first-order valence-electron chi connectivity index (χ1n) is 7.40. The second-order valence-electron chi connectivity index (χ2n) is 5.24. The zero-order valence-electron chi connectivity index (χ0n) is 13.5. The third-order valence-corrected chi connectivity index (χ3v) is 3.42. The van der Waals surface area contributed by atoms with Crippen molar-refractivity contribution >= 4 is 17.3 Å². The molecule has 0 atom stereocenters. The van der Waals surface area contributed by atoms with Crippen LogP contribution < -0.4 is 15.8 Å². The summed E-state index contributed by atoms with van der Waals surface area (Å²) in [6.07, 6.45) is 3.01. The molecule has 2 aromatic carbocycles. The maximum atomic E-state index is 5.98. The number of benzene rings is 2. The summed E-state index contributed by atoms with van der Waals surface area (Å²) in [5.74, 6) is 1.57. The number of oxazole rings is 1. The monoisotopic (exact) mass is 322 g/mol. The molecule has 1 aromatic heterocycles. The number of nitrogens with zero attached hydrogens (tertiary/aromatic N) is 2. The lowest BCUT2D eigenvalue weighted by molar-refractivity contribution is 0.415. The Hall–Kier alpha value is -3.28. The van der Waals surface area contributed by atoms with Crippen LogP contribution in [0.5, 0.6) is 5.75 Å². The number of hydrogen-bond donors (Lipinski definition) is 2. The van der Waals surface area contributed by atoms with Crippen molar-refractivity contribution in [1.29, 1.82) is 0 Å². The minimum absolute atomic E-state index is 0.301. The normalized spacial score (nSPS) is 11.3. The molecule has 3 aromatic rings. The summed E-state index contributed by atoms with van der Waals surface area (Å²) in [7, 11) is 1.59. The van der Waals surface area contributed by atoms with E-state index in [9.17, 15) is 0 Å². The molecule has 0 amide bonds. The maximum absolute atomic E-state index is 5.98. The standard InChI is InChI=1S/C18H18N4O2/c1-12-4-3-5-13(8-12)21-18(19)22-14-6-7-15(16(9-14)23-2)17-10-20-11-24-17/h3-11H,1-2H3,(H3,19,21,22). The molecular weight excluding hydrogens is 304 g/mol. The number of nitrogens with two attached hydrogens (primary N) is 1. The van der Waals surface area contributed by atoms with Gasteiger partial charge in [0.15, 0.2) is 18.1 Å². The van der Waals surface area contributed by atoms with Crippen LogP contribution in [0, 0.1) is 6.92 Å². The van der Waals surface area contributed by atoms with E-state index in [1.54, 1.807) is 19.4 Å². The lowest BCUT2D eigenvalue weighted by Crippen LogP contribution is -2.21. The SMILES string of the molecule is COc1cc(N=C(N)Nc2cccc(C)c2)ccc1-c1cnco1. The van der Waals surface area contributed by atoms with Crippen molar-refractivity contribution in [1.82, 2.24) is 4.98 Å². The van der Waals surface area contributed by atoms with Crippen LogP contribution in [0.3, 0.4) is 0 Å². The van der Waals surface area contributed by atoms with Crippen LogP contribution in [0.25, 0.3) is 11.3 Å². The highest BCUT2D eigenvalue weighted by molar-refractivity contribution is 5.94. The Labute approximate surface area is 140 Å². The van der Waals surface area contributed by atoms with Crippen LogP contribution in [0.1, 0.15) is 5.56 Å². The van der Waals surface area contributed by atoms with E-state index in [1.807, 2.05) is 43.3 Å². The zero-order chi connectivity index (χ0) is 16.9. The predicted octanol–water partition coefficient (Wildman–Crippen LogP) is 3.72. The first kappa shape index (κ1) is 15.6. The summed E-state index contributed by atoms with van der Waals surface area (Å²) in [5, 5.41) is 3.07. The minimum Gasteiger partial charge on any atom is -0.496 e. The fourth-order valence-corrected chi connectivity index (χ4v) is 2.34.